The highest BCUT2D eigenvalue weighted by atomic mass is 19.4. The second-order valence-corrected chi connectivity index (χ2v) is 9.76. The van der Waals surface area contributed by atoms with Crippen LogP contribution in [-0.2, 0) is 26.3 Å². The third kappa shape index (κ3) is 4.42. The number of halogens is 3. The molecule has 6 nitrogen and oxygen atoms in total. The zero-order valence-corrected chi connectivity index (χ0v) is 20.7. The Bertz CT molecular complexity index is 1260. The molecule has 0 aliphatic carbocycles. The van der Waals surface area contributed by atoms with Crippen LogP contribution in [-0.4, -0.2) is 39.8 Å². The van der Waals surface area contributed by atoms with Crippen molar-refractivity contribution in [1.82, 2.24) is 14.7 Å². The quantitative estimate of drug-likeness (QED) is 0.467. The number of aromatic nitrogens is 2. The molecule has 1 saturated heterocycles. The summed E-state index contributed by atoms with van der Waals surface area (Å²) >= 11 is 0. The van der Waals surface area contributed by atoms with Crippen LogP contribution in [0.3, 0.4) is 0 Å². The zero-order chi connectivity index (χ0) is 25.6. The first-order valence-electron chi connectivity index (χ1n) is 12.2. The number of alkyl halides is 3. The summed E-state index contributed by atoms with van der Waals surface area (Å²) in [5, 5.41) is 4.43. The molecule has 2 amide bonds. The van der Waals surface area contributed by atoms with Gasteiger partial charge in [0.25, 0.3) is 0 Å². The fourth-order valence-corrected chi connectivity index (χ4v) is 5.60. The van der Waals surface area contributed by atoms with Crippen molar-refractivity contribution in [3.63, 3.8) is 0 Å². The lowest BCUT2D eigenvalue weighted by Gasteiger charge is -2.43. The fourth-order valence-electron chi connectivity index (χ4n) is 5.60. The van der Waals surface area contributed by atoms with Gasteiger partial charge in [-0.25, -0.2) is 4.79 Å². The largest absolute Gasteiger partial charge is 0.416 e. The summed E-state index contributed by atoms with van der Waals surface area (Å²) in [4.78, 5) is 19.3. The lowest BCUT2D eigenvalue weighted by atomic mass is 9.99. The Morgan fingerprint density at radius 2 is 1.67 bits per heavy atom. The third-order valence-corrected chi connectivity index (χ3v) is 7.27. The van der Waals surface area contributed by atoms with Crippen LogP contribution in [0.15, 0.2) is 48.7 Å². The molecule has 190 valence electrons. The molecule has 0 atom stereocenters. The normalized spacial score (nSPS) is 17.1. The molecular weight excluding hydrogens is 467 g/mol. The van der Waals surface area contributed by atoms with E-state index in [0.29, 0.717) is 12.4 Å². The minimum atomic E-state index is -4.50. The van der Waals surface area contributed by atoms with Crippen LogP contribution >= 0.6 is 0 Å². The molecule has 0 radical (unpaired) electrons. The molecule has 0 N–H and O–H groups in total. The topological polar surface area (TPSA) is 44.6 Å². The van der Waals surface area contributed by atoms with Gasteiger partial charge in [-0.15, -0.1) is 0 Å². The van der Waals surface area contributed by atoms with E-state index < -0.39 is 11.7 Å². The SMILES string of the molecule is Cc1cccc(C)c1N1CCC(N2Cc3cn(C)nc3N(Cc3ccccc3C(F)(F)F)C2=O)CC1. The Kier molecular flexibility index (Phi) is 6.18. The number of aryl methyl sites for hydroxylation is 3. The molecule has 1 aromatic heterocycles. The van der Waals surface area contributed by atoms with Gasteiger partial charge in [0.2, 0.25) is 0 Å². The maximum atomic E-state index is 13.7. The van der Waals surface area contributed by atoms with E-state index in [4.69, 9.17) is 0 Å². The van der Waals surface area contributed by atoms with Crippen molar-refractivity contribution in [2.75, 3.05) is 22.9 Å². The summed E-state index contributed by atoms with van der Waals surface area (Å²) < 4.78 is 42.6. The number of benzene rings is 2. The van der Waals surface area contributed by atoms with Crippen molar-refractivity contribution >= 4 is 17.5 Å². The summed E-state index contributed by atoms with van der Waals surface area (Å²) in [6.07, 6.45) is -1.06. The Labute approximate surface area is 208 Å². The molecule has 3 aromatic rings. The number of amides is 2. The first kappa shape index (κ1) is 24.2. The predicted molar refractivity (Wildman–Crippen MR) is 133 cm³/mol. The number of rotatable bonds is 4. The molecule has 0 bridgehead atoms. The number of urea groups is 1. The minimum Gasteiger partial charge on any atom is -0.371 e. The van der Waals surface area contributed by atoms with Gasteiger partial charge in [0.15, 0.2) is 5.82 Å². The average Bonchev–Trinajstić information content (AvgIpc) is 3.21. The number of anilines is 2. The molecular formula is C27H30F3N5O. The van der Waals surface area contributed by atoms with Crippen molar-refractivity contribution in [3.05, 3.63) is 76.5 Å². The van der Waals surface area contributed by atoms with Crippen LogP contribution in [0.4, 0.5) is 29.5 Å². The maximum absolute atomic E-state index is 13.7. The first-order valence-corrected chi connectivity index (χ1v) is 12.2. The van der Waals surface area contributed by atoms with Crippen LogP contribution in [0.25, 0.3) is 0 Å². The van der Waals surface area contributed by atoms with Gasteiger partial charge in [-0.1, -0.05) is 36.4 Å². The molecule has 0 spiro atoms. The van der Waals surface area contributed by atoms with E-state index in [2.05, 4.69) is 42.0 Å². The summed E-state index contributed by atoms with van der Waals surface area (Å²) in [6, 6.07) is 11.4. The van der Waals surface area contributed by atoms with Crippen molar-refractivity contribution in [2.45, 2.75) is 52.0 Å². The molecule has 2 aliphatic heterocycles. The van der Waals surface area contributed by atoms with Gasteiger partial charge in [-0.05, 0) is 49.4 Å². The highest BCUT2D eigenvalue weighted by Crippen LogP contribution is 2.36. The number of carbonyl (C=O) groups is 1. The molecule has 0 unspecified atom stereocenters. The summed E-state index contributed by atoms with van der Waals surface area (Å²) in [5.41, 5.74) is 3.89. The Morgan fingerprint density at radius 3 is 2.33 bits per heavy atom. The first-order chi connectivity index (χ1) is 17.1. The fraction of sp³-hybridized carbons (Fsp3) is 0.407. The van der Waals surface area contributed by atoms with Gasteiger partial charge in [0, 0.05) is 43.6 Å². The Balaban J connectivity index is 1.39. The van der Waals surface area contributed by atoms with E-state index in [-0.39, 0.29) is 24.2 Å². The number of piperidine rings is 1. The summed E-state index contributed by atoms with van der Waals surface area (Å²) in [7, 11) is 1.76. The predicted octanol–water partition coefficient (Wildman–Crippen LogP) is 5.67. The smallest absolute Gasteiger partial charge is 0.371 e. The molecule has 0 saturated carbocycles. The van der Waals surface area contributed by atoms with Gasteiger partial charge in [0.05, 0.1) is 18.7 Å². The van der Waals surface area contributed by atoms with E-state index in [0.717, 1.165) is 37.6 Å². The van der Waals surface area contributed by atoms with E-state index in [1.54, 1.807) is 17.8 Å². The van der Waals surface area contributed by atoms with E-state index >= 15 is 0 Å². The van der Waals surface area contributed by atoms with Crippen molar-refractivity contribution in [3.8, 4) is 0 Å². The highest BCUT2D eigenvalue weighted by molar-refractivity contribution is 5.94. The molecule has 2 aliphatic rings. The number of fused-ring (bicyclic) bond motifs is 1. The van der Waals surface area contributed by atoms with E-state index in [9.17, 15) is 18.0 Å². The lowest BCUT2D eigenvalue weighted by molar-refractivity contribution is -0.138. The Hall–Kier alpha value is -3.49. The van der Waals surface area contributed by atoms with Crippen LogP contribution in [0, 0.1) is 13.8 Å². The van der Waals surface area contributed by atoms with Gasteiger partial charge in [-0.3, -0.25) is 9.58 Å². The summed E-state index contributed by atoms with van der Waals surface area (Å²) in [5.74, 6) is 0.434. The maximum Gasteiger partial charge on any atom is 0.416 e. The van der Waals surface area contributed by atoms with Crippen molar-refractivity contribution in [1.29, 1.82) is 0 Å². The second kappa shape index (κ2) is 9.19. The summed E-state index contributed by atoms with van der Waals surface area (Å²) in [6.45, 7) is 6.09. The molecule has 1 fully saturated rings. The van der Waals surface area contributed by atoms with Crippen molar-refractivity contribution in [2.24, 2.45) is 7.05 Å². The third-order valence-electron chi connectivity index (χ3n) is 7.27. The molecule has 2 aromatic carbocycles. The highest BCUT2D eigenvalue weighted by Gasteiger charge is 2.40. The van der Waals surface area contributed by atoms with Gasteiger partial charge in [0.1, 0.15) is 0 Å². The van der Waals surface area contributed by atoms with Gasteiger partial charge in [-0.2, -0.15) is 18.3 Å². The Morgan fingerprint density at radius 1 is 1.00 bits per heavy atom. The van der Waals surface area contributed by atoms with Crippen molar-refractivity contribution < 1.29 is 18.0 Å². The van der Waals surface area contributed by atoms with Crippen LogP contribution in [0.5, 0.6) is 0 Å². The second-order valence-electron chi connectivity index (χ2n) is 9.76. The molecule has 3 heterocycles. The van der Waals surface area contributed by atoms with Crippen LogP contribution in [0.1, 0.15) is 40.7 Å². The number of carbonyl (C=O) groups excluding carboxylic acids is 1. The van der Waals surface area contributed by atoms with E-state index in [1.165, 1.54) is 33.8 Å². The monoisotopic (exact) mass is 497 g/mol. The number of hydrogen-bond acceptors (Lipinski definition) is 3. The number of nitrogens with zero attached hydrogens (tertiary/aromatic N) is 5. The average molecular weight is 498 g/mol. The zero-order valence-electron chi connectivity index (χ0n) is 20.7. The van der Waals surface area contributed by atoms with Gasteiger partial charge < -0.3 is 9.80 Å². The molecule has 5 rings (SSSR count). The van der Waals surface area contributed by atoms with Crippen LogP contribution in [0.2, 0.25) is 0 Å². The molecule has 9 heteroatoms. The molecule has 36 heavy (non-hydrogen) atoms. The lowest BCUT2D eigenvalue weighted by Crippen LogP contribution is -2.54. The van der Waals surface area contributed by atoms with Gasteiger partial charge >= 0.3 is 12.2 Å². The van der Waals surface area contributed by atoms with E-state index in [1.807, 2.05) is 11.1 Å². The standard InChI is InChI=1S/C27H30F3N5O/c1-18-7-6-8-19(2)24(18)33-13-11-22(12-14-33)34-17-21-15-32(3)31-25(21)35(26(34)36)16-20-9-4-5-10-23(20)27(28,29)30/h4-10,15,22H,11-14,16-17H2,1-3H3. The number of para-hydroxylation sites is 1. The number of hydrogen-bond donors (Lipinski definition) is 0. The van der Waals surface area contributed by atoms with Crippen LogP contribution < -0.4 is 9.80 Å². The minimum absolute atomic E-state index is 0.00629.